The van der Waals surface area contributed by atoms with Crippen LogP contribution >= 0.6 is 0 Å². The van der Waals surface area contributed by atoms with Crippen molar-refractivity contribution < 1.29 is 16.8 Å². The van der Waals surface area contributed by atoms with Crippen molar-refractivity contribution in [2.45, 2.75) is 39.7 Å². The molecule has 1 N–H and O–H groups in total. The molecule has 162 valence electrons. The van der Waals surface area contributed by atoms with E-state index in [1.165, 1.54) is 4.41 Å². The molecule has 0 saturated carbocycles. The lowest BCUT2D eigenvalue weighted by atomic mass is 9.98. The number of rotatable bonds is 8. The third kappa shape index (κ3) is 4.84. The number of nitrogens with zero attached hydrogens (tertiary/aromatic N) is 2. The van der Waals surface area contributed by atoms with Gasteiger partial charge in [-0.25, -0.2) is 16.8 Å². The minimum absolute atomic E-state index is 0.00372. The molecule has 0 fully saturated rings. The molecule has 0 amide bonds. The van der Waals surface area contributed by atoms with Crippen molar-refractivity contribution >= 4 is 31.4 Å². The normalized spacial score (nSPS) is 17.1. The second-order valence-corrected chi connectivity index (χ2v) is 11.3. The van der Waals surface area contributed by atoms with Crippen molar-refractivity contribution in [3.05, 3.63) is 65.2 Å². The summed E-state index contributed by atoms with van der Waals surface area (Å²) in [6.45, 7) is 5.35. The van der Waals surface area contributed by atoms with Crippen LogP contribution in [0.4, 0.5) is 5.69 Å². The summed E-state index contributed by atoms with van der Waals surface area (Å²) in [5, 5.41) is 4.47. The molecular weight excluding hydrogens is 422 g/mol. The summed E-state index contributed by atoms with van der Waals surface area (Å²) >= 11 is 0. The van der Waals surface area contributed by atoms with Gasteiger partial charge in [-0.1, -0.05) is 55.0 Å². The number of benzene rings is 2. The van der Waals surface area contributed by atoms with Gasteiger partial charge in [0.05, 0.1) is 28.9 Å². The van der Waals surface area contributed by atoms with Crippen LogP contribution in [0.1, 0.15) is 49.4 Å². The summed E-state index contributed by atoms with van der Waals surface area (Å²) in [6.07, 6.45) is 0.841. The molecule has 0 unspecified atom stereocenters. The maximum atomic E-state index is 12.9. The molecule has 0 aliphatic carbocycles. The van der Waals surface area contributed by atoms with E-state index in [2.05, 4.69) is 9.82 Å². The molecule has 1 atom stereocenters. The SMILES string of the molecule is CCCS(=O)(=O)N1N=C(c2ccccc2NS(=O)(=O)CC)C[C@@H]1c1ccc(C)cc1. The first kappa shape index (κ1) is 22.3. The zero-order valence-corrected chi connectivity index (χ0v) is 19.0. The highest BCUT2D eigenvalue weighted by Crippen LogP contribution is 2.36. The van der Waals surface area contributed by atoms with Crippen molar-refractivity contribution in [3.8, 4) is 0 Å². The Hall–Kier alpha value is -2.39. The zero-order chi connectivity index (χ0) is 21.9. The van der Waals surface area contributed by atoms with Crippen molar-refractivity contribution in [2.75, 3.05) is 16.2 Å². The van der Waals surface area contributed by atoms with Crippen LogP contribution in [0.2, 0.25) is 0 Å². The molecule has 9 heteroatoms. The van der Waals surface area contributed by atoms with Crippen LogP contribution in [0.15, 0.2) is 53.6 Å². The maximum Gasteiger partial charge on any atom is 0.250 e. The molecule has 1 aliphatic heterocycles. The first-order chi connectivity index (χ1) is 14.2. The van der Waals surface area contributed by atoms with Gasteiger partial charge in [0, 0.05) is 12.0 Å². The predicted octanol–water partition coefficient (Wildman–Crippen LogP) is 3.65. The van der Waals surface area contributed by atoms with E-state index in [0.717, 1.165) is 11.1 Å². The Bertz CT molecular complexity index is 1140. The monoisotopic (exact) mass is 449 g/mol. The largest absolute Gasteiger partial charge is 0.283 e. The standard InChI is InChI=1S/C21H27N3O4S2/c1-4-14-30(27,28)24-21(17-12-10-16(3)11-13-17)15-20(22-24)18-8-6-7-9-19(18)23-29(25,26)5-2/h6-13,21,23H,4-5,14-15H2,1-3H3/t21-/m1/s1. The maximum absolute atomic E-state index is 12.9. The van der Waals surface area contributed by atoms with Crippen LogP contribution < -0.4 is 4.72 Å². The molecule has 0 aromatic heterocycles. The first-order valence-electron chi connectivity index (χ1n) is 9.93. The van der Waals surface area contributed by atoms with E-state index in [0.29, 0.717) is 29.8 Å². The Morgan fingerprint density at radius 3 is 2.33 bits per heavy atom. The Morgan fingerprint density at radius 1 is 1.03 bits per heavy atom. The average molecular weight is 450 g/mol. The molecule has 1 aliphatic rings. The van der Waals surface area contributed by atoms with E-state index in [-0.39, 0.29) is 11.5 Å². The van der Waals surface area contributed by atoms with Crippen LogP contribution in [-0.2, 0) is 20.0 Å². The lowest BCUT2D eigenvalue weighted by Crippen LogP contribution is -2.29. The minimum atomic E-state index is -3.60. The lowest BCUT2D eigenvalue weighted by molar-refractivity contribution is 0.371. The van der Waals surface area contributed by atoms with Crippen LogP contribution in [0.3, 0.4) is 0 Å². The topological polar surface area (TPSA) is 95.9 Å². The molecule has 2 aromatic rings. The summed E-state index contributed by atoms with van der Waals surface area (Å²) in [4.78, 5) is 0. The van der Waals surface area contributed by atoms with E-state index in [1.807, 2.05) is 38.1 Å². The van der Waals surface area contributed by atoms with E-state index < -0.39 is 26.1 Å². The molecule has 30 heavy (non-hydrogen) atoms. The molecule has 0 spiro atoms. The molecule has 0 radical (unpaired) electrons. The van der Waals surface area contributed by atoms with Crippen LogP contribution in [0.25, 0.3) is 0 Å². The number of hydrogen-bond acceptors (Lipinski definition) is 5. The average Bonchev–Trinajstić information content (AvgIpc) is 3.15. The van der Waals surface area contributed by atoms with Gasteiger partial charge in [-0.3, -0.25) is 4.72 Å². The minimum Gasteiger partial charge on any atom is -0.283 e. The molecule has 3 rings (SSSR count). The Labute approximate surface area is 178 Å². The van der Waals surface area contributed by atoms with Crippen molar-refractivity contribution in [1.82, 2.24) is 4.41 Å². The number of sulfonamides is 2. The third-order valence-corrected chi connectivity index (χ3v) is 8.09. The van der Waals surface area contributed by atoms with E-state index in [4.69, 9.17) is 0 Å². The lowest BCUT2D eigenvalue weighted by Gasteiger charge is -2.23. The van der Waals surface area contributed by atoms with Crippen molar-refractivity contribution in [2.24, 2.45) is 5.10 Å². The molecule has 1 heterocycles. The van der Waals surface area contributed by atoms with Crippen LogP contribution in [-0.4, -0.2) is 38.5 Å². The Morgan fingerprint density at radius 2 is 1.70 bits per heavy atom. The highest BCUT2D eigenvalue weighted by atomic mass is 32.2. The van der Waals surface area contributed by atoms with E-state index >= 15 is 0 Å². The van der Waals surface area contributed by atoms with Gasteiger partial charge in [0.15, 0.2) is 0 Å². The molecule has 7 nitrogen and oxygen atoms in total. The fraction of sp³-hybridized carbons (Fsp3) is 0.381. The van der Waals surface area contributed by atoms with Gasteiger partial charge >= 0.3 is 0 Å². The third-order valence-electron chi connectivity index (χ3n) is 4.97. The molecule has 0 saturated heterocycles. The number of para-hydroxylation sites is 1. The summed E-state index contributed by atoms with van der Waals surface area (Å²) in [7, 11) is -7.09. The number of hydrazone groups is 1. The number of hydrogen-bond donors (Lipinski definition) is 1. The number of aryl methyl sites for hydroxylation is 1. The smallest absolute Gasteiger partial charge is 0.250 e. The molecular formula is C21H27N3O4S2. The fourth-order valence-corrected chi connectivity index (χ4v) is 5.53. The summed E-state index contributed by atoms with van der Waals surface area (Å²) in [6, 6.07) is 14.2. The summed E-state index contributed by atoms with van der Waals surface area (Å²) in [5.41, 5.74) is 3.46. The van der Waals surface area contributed by atoms with Gasteiger partial charge in [-0.15, -0.1) is 0 Å². The fourth-order valence-electron chi connectivity index (χ4n) is 3.36. The second-order valence-electron chi connectivity index (χ2n) is 7.32. The van der Waals surface area contributed by atoms with Gasteiger partial charge < -0.3 is 0 Å². The van der Waals surface area contributed by atoms with Crippen LogP contribution in [0.5, 0.6) is 0 Å². The summed E-state index contributed by atoms with van der Waals surface area (Å²) < 4.78 is 53.8. The second kappa shape index (κ2) is 8.77. The Kier molecular flexibility index (Phi) is 6.52. The highest BCUT2D eigenvalue weighted by molar-refractivity contribution is 7.92. The van der Waals surface area contributed by atoms with Crippen molar-refractivity contribution in [3.63, 3.8) is 0 Å². The quantitative estimate of drug-likeness (QED) is 0.665. The summed E-state index contributed by atoms with van der Waals surface area (Å²) in [5.74, 6) is -0.0624. The van der Waals surface area contributed by atoms with Gasteiger partial charge in [-0.05, 0) is 31.9 Å². The Balaban J connectivity index is 2.05. The van der Waals surface area contributed by atoms with E-state index in [9.17, 15) is 16.8 Å². The number of anilines is 1. The van der Waals surface area contributed by atoms with Gasteiger partial charge in [0.1, 0.15) is 0 Å². The first-order valence-corrected chi connectivity index (χ1v) is 13.2. The van der Waals surface area contributed by atoms with E-state index in [1.54, 1.807) is 31.2 Å². The van der Waals surface area contributed by atoms with Gasteiger partial charge in [0.2, 0.25) is 20.0 Å². The zero-order valence-electron chi connectivity index (χ0n) is 17.4. The molecule has 0 bridgehead atoms. The number of nitrogens with one attached hydrogen (secondary N) is 1. The van der Waals surface area contributed by atoms with Gasteiger partial charge in [-0.2, -0.15) is 9.52 Å². The predicted molar refractivity (Wildman–Crippen MR) is 121 cm³/mol. The molecule has 2 aromatic carbocycles. The highest BCUT2D eigenvalue weighted by Gasteiger charge is 2.36. The van der Waals surface area contributed by atoms with Crippen LogP contribution in [0, 0.1) is 6.92 Å². The van der Waals surface area contributed by atoms with Crippen molar-refractivity contribution in [1.29, 1.82) is 0 Å². The van der Waals surface area contributed by atoms with Gasteiger partial charge in [0.25, 0.3) is 0 Å².